The lowest BCUT2D eigenvalue weighted by Gasteiger charge is -2.22. The Kier molecular flexibility index (Phi) is 7.27. The minimum Gasteiger partial charge on any atom is -0.399 e. The number of nitrogen functional groups attached to an aromatic ring is 1. The summed E-state index contributed by atoms with van der Waals surface area (Å²) in [6, 6.07) is 12.7. The Hall–Kier alpha value is -3.65. The molecule has 2 aliphatic rings. The molecule has 0 atom stereocenters. The number of hydrogen-bond donors (Lipinski definition) is 2. The van der Waals surface area contributed by atoms with E-state index >= 15 is 0 Å². The first-order valence-corrected chi connectivity index (χ1v) is 11.7. The molecule has 8 nitrogen and oxygen atoms in total. The van der Waals surface area contributed by atoms with E-state index < -0.39 is 0 Å². The lowest BCUT2D eigenvalue weighted by atomic mass is 10.0. The standard InChI is InChI=1S/C26H31N5O3/c1-2-11-31(34-17-18-5-9-22(27)10-6-18)26(33)21-14-19-7-8-20(15-23(19)29-24(28)16-21)25(32)30-12-3-4-13-30/h5-10,14-15H,2-4,11-13,16-17,27H2,1H3,(H2,28,29). The van der Waals surface area contributed by atoms with Gasteiger partial charge in [0.25, 0.3) is 11.8 Å². The molecule has 178 valence electrons. The third-order valence-corrected chi connectivity index (χ3v) is 5.93. The van der Waals surface area contributed by atoms with E-state index in [1.165, 1.54) is 5.06 Å². The van der Waals surface area contributed by atoms with Gasteiger partial charge in [0.1, 0.15) is 12.4 Å². The normalized spacial score (nSPS) is 15.3. The molecule has 1 saturated heterocycles. The fraction of sp³-hybridized carbons (Fsp3) is 0.346. The molecular weight excluding hydrogens is 430 g/mol. The van der Waals surface area contributed by atoms with Crippen LogP contribution >= 0.6 is 0 Å². The zero-order valence-electron chi connectivity index (χ0n) is 19.5. The van der Waals surface area contributed by atoms with E-state index in [4.69, 9.17) is 16.3 Å². The molecule has 2 amide bonds. The molecule has 2 heterocycles. The van der Waals surface area contributed by atoms with Gasteiger partial charge in [0.15, 0.2) is 0 Å². The van der Waals surface area contributed by atoms with Crippen LogP contribution in [-0.4, -0.2) is 47.2 Å². The van der Waals surface area contributed by atoms with Crippen LogP contribution in [0.15, 0.2) is 53.0 Å². The molecule has 0 radical (unpaired) electrons. The van der Waals surface area contributed by atoms with Crippen LogP contribution in [0.2, 0.25) is 0 Å². The maximum Gasteiger partial charge on any atom is 0.273 e. The molecule has 4 N–H and O–H groups in total. The highest BCUT2D eigenvalue weighted by atomic mass is 16.7. The second-order valence-corrected chi connectivity index (χ2v) is 8.64. The number of benzene rings is 2. The van der Waals surface area contributed by atoms with Gasteiger partial charge in [-0.2, -0.15) is 0 Å². The number of carbonyl (C=O) groups excluding carboxylic acids is 2. The maximum atomic E-state index is 13.4. The van der Waals surface area contributed by atoms with Crippen molar-refractivity contribution in [3.8, 4) is 0 Å². The Morgan fingerprint density at radius 3 is 2.53 bits per heavy atom. The average Bonchev–Trinajstić information content (AvgIpc) is 3.31. The van der Waals surface area contributed by atoms with Gasteiger partial charge in [0, 0.05) is 48.4 Å². The molecule has 2 aromatic rings. The number of fused-ring (bicyclic) bond motifs is 1. The number of carbonyl (C=O) groups is 2. The molecule has 0 unspecified atom stereocenters. The predicted octanol–water partition coefficient (Wildman–Crippen LogP) is 3.65. The molecule has 8 heteroatoms. The van der Waals surface area contributed by atoms with E-state index in [9.17, 15) is 9.59 Å². The third kappa shape index (κ3) is 5.46. The van der Waals surface area contributed by atoms with Crippen LogP contribution in [0.4, 0.5) is 11.4 Å². The van der Waals surface area contributed by atoms with Crippen molar-refractivity contribution in [2.75, 3.05) is 25.4 Å². The lowest BCUT2D eigenvalue weighted by Crippen LogP contribution is -2.34. The van der Waals surface area contributed by atoms with Crippen molar-refractivity contribution in [3.63, 3.8) is 0 Å². The minimum atomic E-state index is -0.250. The fourth-order valence-electron chi connectivity index (χ4n) is 4.12. The van der Waals surface area contributed by atoms with Gasteiger partial charge in [-0.25, -0.2) is 10.1 Å². The Balaban J connectivity index is 1.54. The summed E-state index contributed by atoms with van der Waals surface area (Å²) in [5, 5.41) is 1.38. The molecule has 0 spiro atoms. The predicted molar refractivity (Wildman–Crippen MR) is 133 cm³/mol. The highest BCUT2D eigenvalue weighted by molar-refractivity contribution is 6.05. The van der Waals surface area contributed by atoms with Crippen LogP contribution in [0.25, 0.3) is 6.08 Å². The lowest BCUT2D eigenvalue weighted by molar-refractivity contribution is -0.187. The highest BCUT2D eigenvalue weighted by Gasteiger charge is 2.24. The number of nitrogens with zero attached hydrogens (tertiary/aromatic N) is 3. The Bertz CT molecular complexity index is 1120. The third-order valence-electron chi connectivity index (χ3n) is 5.93. The van der Waals surface area contributed by atoms with Gasteiger partial charge in [0.05, 0.1) is 5.69 Å². The van der Waals surface area contributed by atoms with Crippen LogP contribution in [0.5, 0.6) is 0 Å². The number of anilines is 1. The smallest absolute Gasteiger partial charge is 0.273 e. The van der Waals surface area contributed by atoms with Crippen LogP contribution in [0.1, 0.15) is 54.1 Å². The maximum absolute atomic E-state index is 13.4. The van der Waals surface area contributed by atoms with Gasteiger partial charge >= 0.3 is 0 Å². The van der Waals surface area contributed by atoms with Crippen molar-refractivity contribution in [2.24, 2.45) is 10.7 Å². The molecule has 0 aliphatic carbocycles. The first-order valence-electron chi connectivity index (χ1n) is 11.7. The zero-order chi connectivity index (χ0) is 24.1. The number of hydrogen-bond acceptors (Lipinski definition) is 6. The fourth-order valence-corrected chi connectivity index (χ4v) is 4.12. The molecule has 2 aliphatic heterocycles. The summed E-state index contributed by atoms with van der Waals surface area (Å²) in [5.41, 5.74) is 15.9. The largest absolute Gasteiger partial charge is 0.399 e. The summed E-state index contributed by atoms with van der Waals surface area (Å²) in [7, 11) is 0. The summed E-state index contributed by atoms with van der Waals surface area (Å²) < 4.78 is 0. The molecule has 0 aromatic heterocycles. The van der Waals surface area contributed by atoms with E-state index in [0.29, 0.717) is 34.9 Å². The molecular formula is C26H31N5O3. The van der Waals surface area contributed by atoms with Gasteiger partial charge in [-0.15, -0.1) is 0 Å². The Morgan fingerprint density at radius 2 is 1.82 bits per heavy atom. The second-order valence-electron chi connectivity index (χ2n) is 8.64. The van der Waals surface area contributed by atoms with Crippen LogP contribution in [-0.2, 0) is 16.2 Å². The van der Waals surface area contributed by atoms with Crippen molar-refractivity contribution in [2.45, 2.75) is 39.2 Å². The monoisotopic (exact) mass is 461 g/mol. The van der Waals surface area contributed by atoms with Crippen molar-refractivity contribution in [1.82, 2.24) is 9.96 Å². The first kappa shape index (κ1) is 23.5. The number of rotatable bonds is 7. The number of aliphatic imine (C=N–C) groups is 1. The summed E-state index contributed by atoms with van der Waals surface area (Å²) in [4.78, 5) is 38.4. The highest BCUT2D eigenvalue weighted by Crippen LogP contribution is 2.29. The van der Waals surface area contributed by atoms with Crippen molar-refractivity contribution in [1.29, 1.82) is 0 Å². The van der Waals surface area contributed by atoms with Crippen molar-refractivity contribution in [3.05, 3.63) is 64.7 Å². The minimum absolute atomic E-state index is 0.00351. The number of amidine groups is 1. The van der Waals surface area contributed by atoms with E-state index in [-0.39, 0.29) is 24.8 Å². The molecule has 1 fully saturated rings. The van der Waals surface area contributed by atoms with E-state index in [1.807, 2.05) is 30.0 Å². The summed E-state index contributed by atoms with van der Waals surface area (Å²) in [5.74, 6) is 0.0726. The summed E-state index contributed by atoms with van der Waals surface area (Å²) in [6.07, 6.45) is 4.80. The van der Waals surface area contributed by atoms with E-state index in [2.05, 4.69) is 4.99 Å². The molecule has 0 bridgehead atoms. The molecule has 2 aromatic carbocycles. The number of likely N-dealkylation sites (tertiary alicyclic amines) is 1. The topological polar surface area (TPSA) is 114 Å². The first-order chi connectivity index (χ1) is 16.4. The summed E-state index contributed by atoms with van der Waals surface area (Å²) >= 11 is 0. The van der Waals surface area contributed by atoms with E-state index in [0.717, 1.165) is 43.5 Å². The van der Waals surface area contributed by atoms with Gasteiger partial charge in [-0.05, 0) is 55.2 Å². The Labute approximate surface area is 199 Å². The van der Waals surface area contributed by atoms with Crippen LogP contribution in [0, 0.1) is 0 Å². The van der Waals surface area contributed by atoms with Crippen molar-refractivity contribution >= 4 is 35.1 Å². The molecule has 4 rings (SSSR count). The van der Waals surface area contributed by atoms with E-state index in [1.54, 1.807) is 30.3 Å². The van der Waals surface area contributed by atoms with Crippen molar-refractivity contribution < 1.29 is 14.4 Å². The van der Waals surface area contributed by atoms with Gasteiger partial charge in [-0.3, -0.25) is 14.4 Å². The zero-order valence-corrected chi connectivity index (χ0v) is 19.5. The number of hydroxylamine groups is 2. The van der Waals surface area contributed by atoms with Gasteiger partial charge in [-0.1, -0.05) is 25.1 Å². The van der Waals surface area contributed by atoms with Crippen LogP contribution < -0.4 is 11.5 Å². The SMILES string of the molecule is CCCN(OCc1ccc(N)cc1)C(=O)C1=Cc2ccc(C(=O)N3CCCC3)cc2N=C(N)C1. The van der Waals surface area contributed by atoms with Gasteiger partial charge in [0.2, 0.25) is 0 Å². The molecule has 0 saturated carbocycles. The quantitative estimate of drug-likeness (QED) is 0.483. The Morgan fingerprint density at radius 1 is 1.09 bits per heavy atom. The van der Waals surface area contributed by atoms with Crippen LogP contribution in [0.3, 0.4) is 0 Å². The average molecular weight is 462 g/mol. The molecule has 34 heavy (non-hydrogen) atoms. The number of amides is 2. The van der Waals surface area contributed by atoms with Gasteiger partial charge < -0.3 is 16.4 Å². The number of nitrogens with two attached hydrogens (primary N) is 2. The second kappa shape index (κ2) is 10.5. The summed E-state index contributed by atoms with van der Waals surface area (Å²) in [6.45, 7) is 4.24.